The van der Waals surface area contributed by atoms with Crippen LogP contribution < -0.4 is 0 Å². The topological polar surface area (TPSA) is 101 Å². The molecular formula is C32H48O6. The molecule has 0 aromatic carbocycles. The molecule has 8 unspecified atom stereocenters. The Bertz CT molecular complexity index is 992. The molecule has 0 spiro atoms. The van der Waals surface area contributed by atoms with Crippen molar-refractivity contribution in [2.24, 2.45) is 45.8 Å². The molecule has 0 saturated heterocycles. The van der Waals surface area contributed by atoms with Crippen molar-refractivity contribution in [3.63, 3.8) is 0 Å². The minimum atomic E-state index is -0.731. The first-order valence-corrected chi connectivity index (χ1v) is 14.6. The van der Waals surface area contributed by atoms with Gasteiger partial charge in [0.15, 0.2) is 0 Å². The van der Waals surface area contributed by atoms with Gasteiger partial charge in [-0.25, -0.2) is 0 Å². The summed E-state index contributed by atoms with van der Waals surface area (Å²) in [6.07, 6.45) is 9.67. The Hall–Kier alpha value is -1.79. The summed E-state index contributed by atoms with van der Waals surface area (Å²) in [6.45, 7) is 12.7. The van der Waals surface area contributed by atoms with E-state index in [1.165, 1.54) is 6.29 Å². The van der Waals surface area contributed by atoms with Crippen LogP contribution in [0.3, 0.4) is 0 Å². The molecule has 10 atom stereocenters. The molecule has 0 amide bonds. The van der Waals surface area contributed by atoms with Crippen molar-refractivity contribution in [3.05, 3.63) is 23.3 Å². The third-order valence-corrected chi connectivity index (χ3v) is 11.2. The lowest BCUT2D eigenvalue weighted by Gasteiger charge is -2.62. The van der Waals surface area contributed by atoms with E-state index in [1.54, 1.807) is 0 Å². The van der Waals surface area contributed by atoms with Gasteiger partial charge in [-0.05, 0) is 87.9 Å². The van der Waals surface area contributed by atoms with Crippen LogP contribution in [0.4, 0.5) is 0 Å². The number of hydrogen-bond donors (Lipinski definition) is 2. The second kappa shape index (κ2) is 10.6. The number of aliphatic hydroxyl groups is 2. The number of hydrogen-bond acceptors (Lipinski definition) is 6. The highest BCUT2D eigenvalue weighted by molar-refractivity contribution is 5.83. The summed E-state index contributed by atoms with van der Waals surface area (Å²) < 4.78 is 5.71. The maximum atomic E-state index is 13.1. The first-order chi connectivity index (χ1) is 17.8. The van der Waals surface area contributed by atoms with Gasteiger partial charge in [-0.2, -0.15) is 0 Å². The van der Waals surface area contributed by atoms with Crippen molar-refractivity contribution in [1.29, 1.82) is 0 Å². The van der Waals surface area contributed by atoms with E-state index in [1.807, 2.05) is 39.8 Å². The first kappa shape index (κ1) is 29.2. The van der Waals surface area contributed by atoms with Crippen LogP contribution in [0, 0.1) is 45.8 Å². The monoisotopic (exact) mass is 528 g/mol. The number of aliphatic hydroxyl groups excluding tert-OH is 2. The van der Waals surface area contributed by atoms with Gasteiger partial charge in [-0.3, -0.25) is 4.79 Å². The van der Waals surface area contributed by atoms with Gasteiger partial charge in [-0.1, -0.05) is 51.0 Å². The Kier molecular flexibility index (Phi) is 8.18. The van der Waals surface area contributed by atoms with E-state index in [0.717, 1.165) is 49.7 Å². The lowest BCUT2D eigenvalue weighted by molar-refractivity contribution is -0.166. The smallest absolute Gasteiger partial charge is 0.313 e. The minimum absolute atomic E-state index is 0.0185. The summed E-state index contributed by atoms with van der Waals surface area (Å²) in [7, 11) is 0. The number of allylic oxidation sites excluding steroid dienone is 1. The van der Waals surface area contributed by atoms with Crippen LogP contribution in [-0.2, 0) is 19.1 Å². The first-order valence-electron chi connectivity index (χ1n) is 14.6. The second-order valence-corrected chi connectivity index (χ2v) is 13.9. The molecule has 0 aliphatic heterocycles. The predicted molar refractivity (Wildman–Crippen MR) is 146 cm³/mol. The lowest BCUT2D eigenvalue weighted by Crippen LogP contribution is -2.61. The number of esters is 1. The zero-order valence-electron chi connectivity index (χ0n) is 24.1. The molecule has 3 saturated carbocycles. The van der Waals surface area contributed by atoms with Crippen LogP contribution in [0.2, 0.25) is 0 Å². The molecule has 0 radical (unpaired) electrons. The summed E-state index contributed by atoms with van der Waals surface area (Å²) in [5.74, 6) is 0.405. The van der Waals surface area contributed by atoms with Gasteiger partial charge in [0.25, 0.3) is 0 Å². The van der Waals surface area contributed by atoms with E-state index in [0.29, 0.717) is 24.5 Å². The number of ether oxygens (including phenoxy) is 1. The van der Waals surface area contributed by atoms with Gasteiger partial charge in [0, 0.05) is 16.7 Å². The summed E-state index contributed by atoms with van der Waals surface area (Å²) in [5, 5.41) is 22.3. The Morgan fingerprint density at radius 3 is 2.47 bits per heavy atom. The molecule has 38 heavy (non-hydrogen) atoms. The molecule has 3 fully saturated rings. The van der Waals surface area contributed by atoms with E-state index < -0.39 is 29.0 Å². The average molecular weight is 529 g/mol. The maximum Gasteiger partial charge on any atom is 0.313 e. The third-order valence-electron chi connectivity index (χ3n) is 11.2. The fraction of sp³-hybridized carbons (Fsp3) is 0.781. The van der Waals surface area contributed by atoms with Gasteiger partial charge in [-0.15, -0.1) is 0 Å². The number of rotatable bonds is 8. The van der Waals surface area contributed by atoms with Crippen molar-refractivity contribution in [3.8, 4) is 0 Å². The third kappa shape index (κ3) is 4.74. The zero-order chi connectivity index (χ0) is 28.0. The van der Waals surface area contributed by atoms with Crippen LogP contribution >= 0.6 is 0 Å². The fourth-order valence-corrected chi connectivity index (χ4v) is 9.52. The van der Waals surface area contributed by atoms with E-state index in [9.17, 15) is 24.6 Å². The fourth-order valence-electron chi connectivity index (χ4n) is 9.52. The SMILES string of the molecule is CC(C)=CC(O)CC(C)[C@H]1CCC2C3C(O)C=C4[C@@H](CCC(OC(=O)CC=O)C4(C)C)C3(C=O)CCC21C. The molecule has 0 aromatic heterocycles. The van der Waals surface area contributed by atoms with Crippen LogP contribution in [0.5, 0.6) is 0 Å². The lowest BCUT2D eigenvalue weighted by atomic mass is 9.42. The van der Waals surface area contributed by atoms with Gasteiger partial charge < -0.3 is 24.5 Å². The van der Waals surface area contributed by atoms with Crippen molar-refractivity contribution < 1.29 is 29.3 Å². The highest BCUT2D eigenvalue weighted by Gasteiger charge is 2.66. The predicted octanol–water partition coefficient (Wildman–Crippen LogP) is 5.21. The Morgan fingerprint density at radius 1 is 1.13 bits per heavy atom. The van der Waals surface area contributed by atoms with Gasteiger partial charge >= 0.3 is 5.97 Å². The Labute approximate surface area is 228 Å². The second-order valence-electron chi connectivity index (χ2n) is 13.9. The summed E-state index contributed by atoms with van der Waals surface area (Å²) in [5.41, 5.74) is 1.02. The molecule has 0 bridgehead atoms. The summed E-state index contributed by atoms with van der Waals surface area (Å²) in [6, 6.07) is 0. The quantitative estimate of drug-likeness (QED) is 0.194. The summed E-state index contributed by atoms with van der Waals surface area (Å²) in [4.78, 5) is 36.1. The highest BCUT2D eigenvalue weighted by Crippen LogP contribution is 2.69. The number of aldehydes is 2. The Morgan fingerprint density at radius 2 is 1.84 bits per heavy atom. The molecule has 212 valence electrons. The summed E-state index contributed by atoms with van der Waals surface area (Å²) >= 11 is 0. The number of carbonyl (C=O) groups is 3. The minimum Gasteiger partial charge on any atom is -0.461 e. The molecule has 6 heteroatoms. The standard InChI is InChI=1S/C32H48O6/c1-19(2)15-21(35)16-20(3)22-7-8-24-29-26(36)17-25-23(32(29,18-34)13-12-31(22,24)6)9-10-27(30(25,4)5)38-28(37)11-14-33/h14-15,17-18,20-24,26-27,29,35-36H,7-13,16H2,1-6H3/t20?,21?,22-,23-,24?,26?,27?,29?,31?,32?/m1/s1. The van der Waals surface area contributed by atoms with E-state index in [-0.39, 0.29) is 35.7 Å². The molecule has 2 N–H and O–H groups in total. The highest BCUT2D eigenvalue weighted by atomic mass is 16.5. The van der Waals surface area contributed by atoms with E-state index in [2.05, 4.69) is 13.8 Å². The van der Waals surface area contributed by atoms with Crippen LogP contribution in [0.15, 0.2) is 23.3 Å². The molecule has 0 heterocycles. The van der Waals surface area contributed by atoms with Crippen molar-refractivity contribution in [2.75, 3.05) is 0 Å². The zero-order valence-corrected chi connectivity index (χ0v) is 24.1. The van der Waals surface area contributed by atoms with Crippen molar-refractivity contribution in [2.45, 2.75) is 111 Å². The molecule has 4 aliphatic carbocycles. The van der Waals surface area contributed by atoms with Crippen molar-refractivity contribution in [1.82, 2.24) is 0 Å². The molecule has 4 aliphatic rings. The van der Waals surface area contributed by atoms with Gasteiger partial charge in [0.05, 0.1) is 12.2 Å². The maximum absolute atomic E-state index is 13.1. The van der Waals surface area contributed by atoms with Gasteiger partial charge in [0.2, 0.25) is 0 Å². The molecule has 4 rings (SSSR count). The number of fused-ring (bicyclic) bond motifs is 5. The van der Waals surface area contributed by atoms with Crippen LogP contribution in [0.1, 0.15) is 92.9 Å². The largest absolute Gasteiger partial charge is 0.461 e. The average Bonchev–Trinajstić information content (AvgIpc) is 3.17. The van der Waals surface area contributed by atoms with Crippen LogP contribution in [0.25, 0.3) is 0 Å². The molecule has 0 aromatic rings. The van der Waals surface area contributed by atoms with E-state index >= 15 is 0 Å². The van der Waals surface area contributed by atoms with Crippen LogP contribution in [-0.4, -0.2) is 47.1 Å². The van der Waals surface area contributed by atoms with Gasteiger partial charge in [0.1, 0.15) is 25.1 Å². The Balaban J connectivity index is 1.63. The number of carbonyl (C=O) groups excluding carboxylic acids is 3. The van der Waals surface area contributed by atoms with E-state index in [4.69, 9.17) is 4.74 Å². The molecule has 6 nitrogen and oxygen atoms in total. The normalized spacial score (nSPS) is 40.9. The van der Waals surface area contributed by atoms with Crippen molar-refractivity contribution >= 4 is 18.5 Å². The molecular weight excluding hydrogens is 480 g/mol.